The summed E-state index contributed by atoms with van der Waals surface area (Å²) in [5.74, 6) is 0.313. The topological polar surface area (TPSA) is 54.0 Å². The van der Waals surface area contributed by atoms with Crippen LogP contribution in [-0.4, -0.2) is 10.9 Å². The van der Waals surface area contributed by atoms with Crippen LogP contribution in [-0.2, 0) is 4.79 Å². The largest absolute Gasteiger partial charge is 0.340 e. The van der Waals surface area contributed by atoms with Crippen molar-refractivity contribution in [3.63, 3.8) is 0 Å². The summed E-state index contributed by atoms with van der Waals surface area (Å²) in [6.07, 6.45) is 3.21. The van der Waals surface area contributed by atoms with E-state index in [2.05, 4.69) is 15.6 Å². The van der Waals surface area contributed by atoms with Gasteiger partial charge >= 0.3 is 0 Å². The van der Waals surface area contributed by atoms with Gasteiger partial charge in [0.25, 0.3) is 0 Å². The van der Waals surface area contributed by atoms with E-state index in [1.807, 2.05) is 13.8 Å². The van der Waals surface area contributed by atoms with Crippen molar-refractivity contribution in [2.45, 2.75) is 26.7 Å². The van der Waals surface area contributed by atoms with E-state index >= 15 is 0 Å². The molecule has 116 valence electrons. The number of amides is 1. The van der Waals surface area contributed by atoms with Crippen LogP contribution in [0.15, 0.2) is 42.6 Å². The number of carbonyl (C=O) groups is 1. The van der Waals surface area contributed by atoms with E-state index in [9.17, 15) is 9.18 Å². The fourth-order valence-electron chi connectivity index (χ4n) is 2.16. The summed E-state index contributed by atoms with van der Waals surface area (Å²) in [6.45, 7) is 4.00. The van der Waals surface area contributed by atoms with Gasteiger partial charge in [-0.25, -0.2) is 9.37 Å². The summed E-state index contributed by atoms with van der Waals surface area (Å²) in [6, 6.07) is 9.68. The number of benzene rings is 1. The summed E-state index contributed by atoms with van der Waals surface area (Å²) >= 11 is 0. The van der Waals surface area contributed by atoms with Gasteiger partial charge in [0.15, 0.2) is 0 Å². The lowest BCUT2D eigenvalue weighted by Gasteiger charge is -2.13. The van der Waals surface area contributed by atoms with Gasteiger partial charge in [0.1, 0.15) is 11.6 Å². The highest BCUT2D eigenvalue weighted by Gasteiger charge is 2.14. The van der Waals surface area contributed by atoms with Gasteiger partial charge < -0.3 is 10.6 Å². The molecule has 0 fully saturated rings. The third-order valence-corrected chi connectivity index (χ3v) is 3.48. The first-order chi connectivity index (χ1) is 10.6. The molecule has 2 N–H and O–H groups in total. The SMILES string of the molecule is CCC(CC)C(=O)Nc1ccc(Nc2cccc(F)c2)nc1. The number of anilines is 3. The Morgan fingerprint density at radius 3 is 2.55 bits per heavy atom. The van der Waals surface area contributed by atoms with E-state index < -0.39 is 0 Å². The van der Waals surface area contributed by atoms with Crippen LogP contribution < -0.4 is 10.6 Å². The molecular weight excluding hydrogens is 281 g/mol. The lowest BCUT2D eigenvalue weighted by molar-refractivity contribution is -0.120. The molecule has 1 aromatic carbocycles. The maximum atomic E-state index is 13.1. The van der Waals surface area contributed by atoms with Crippen LogP contribution in [0.2, 0.25) is 0 Å². The molecule has 0 aliphatic carbocycles. The molecule has 0 unspecified atom stereocenters. The Labute approximate surface area is 129 Å². The van der Waals surface area contributed by atoms with Crippen LogP contribution in [0.3, 0.4) is 0 Å². The van der Waals surface area contributed by atoms with E-state index in [1.165, 1.54) is 12.1 Å². The number of nitrogens with one attached hydrogen (secondary N) is 2. The predicted octanol–water partition coefficient (Wildman–Crippen LogP) is 4.34. The molecule has 1 heterocycles. The quantitative estimate of drug-likeness (QED) is 0.834. The van der Waals surface area contributed by atoms with Crippen LogP contribution in [0.25, 0.3) is 0 Å². The van der Waals surface area contributed by atoms with Crippen LogP contribution in [0.5, 0.6) is 0 Å². The molecule has 0 radical (unpaired) electrons. The number of aromatic nitrogens is 1. The average Bonchev–Trinajstić information content (AvgIpc) is 2.50. The molecule has 5 heteroatoms. The van der Waals surface area contributed by atoms with Gasteiger partial charge in [-0.1, -0.05) is 19.9 Å². The second kappa shape index (κ2) is 7.54. The van der Waals surface area contributed by atoms with Crippen LogP contribution >= 0.6 is 0 Å². The number of pyridine rings is 1. The zero-order chi connectivity index (χ0) is 15.9. The van der Waals surface area contributed by atoms with Crippen LogP contribution in [0.1, 0.15) is 26.7 Å². The zero-order valence-corrected chi connectivity index (χ0v) is 12.8. The van der Waals surface area contributed by atoms with Crippen molar-refractivity contribution < 1.29 is 9.18 Å². The van der Waals surface area contributed by atoms with Crippen molar-refractivity contribution in [2.75, 3.05) is 10.6 Å². The van der Waals surface area contributed by atoms with Gasteiger partial charge in [0.2, 0.25) is 5.91 Å². The van der Waals surface area contributed by atoms with Gasteiger partial charge in [0, 0.05) is 11.6 Å². The van der Waals surface area contributed by atoms with Gasteiger partial charge in [-0.05, 0) is 43.2 Å². The van der Waals surface area contributed by atoms with Crippen molar-refractivity contribution in [3.8, 4) is 0 Å². The summed E-state index contributed by atoms with van der Waals surface area (Å²) < 4.78 is 13.1. The standard InChI is InChI=1S/C17H20FN3O/c1-3-12(4-2)17(22)21-15-8-9-16(19-11-15)20-14-7-5-6-13(18)10-14/h5-12H,3-4H2,1-2H3,(H,19,20)(H,21,22). The molecular formula is C17H20FN3O. The molecule has 0 bridgehead atoms. The summed E-state index contributed by atoms with van der Waals surface area (Å²) in [5.41, 5.74) is 1.28. The van der Waals surface area contributed by atoms with Gasteiger partial charge in [-0.15, -0.1) is 0 Å². The Kier molecular flexibility index (Phi) is 5.47. The van der Waals surface area contributed by atoms with E-state index in [0.717, 1.165) is 12.8 Å². The Balaban J connectivity index is 2.00. The molecule has 0 saturated carbocycles. The zero-order valence-electron chi connectivity index (χ0n) is 12.8. The van der Waals surface area contributed by atoms with Crippen molar-refractivity contribution in [3.05, 3.63) is 48.4 Å². The third kappa shape index (κ3) is 4.28. The fraction of sp³-hybridized carbons (Fsp3) is 0.294. The second-order valence-corrected chi connectivity index (χ2v) is 5.07. The minimum Gasteiger partial charge on any atom is -0.340 e. The Hall–Kier alpha value is -2.43. The minimum absolute atomic E-state index is 0.0117. The van der Waals surface area contributed by atoms with Crippen molar-refractivity contribution in [1.82, 2.24) is 4.98 Å². The van der Waals surface area contributed by atoms with Gasteiger partial charge in [0.05, 0.1) is 11.9 Å². The molecule has 0 atom stereocenters. The van der Waals surface area contributed by atoms with Gasteiger partial charge in [-0.2, -0.15) is 0 Å². The van der Waals surface area contributed by atoms with Crippen LogP contribution in [0.4, 0.5) is 21.6 Å². The van der Waals surface area contributed by atoms with Crippen molar-refractivity contribution in [2.24, 2.45) is 5.92 Å². The number of hydrogen-bond donors (Lipinski definition) is 2. The smallest absolute Gasteiger partial charge is 0.227 e. The molecule has 1 amide bonds. The monoisotopic (exact) mass is 301 g/mol. The molecule has 22 heavy (non-hydrogen) atoms. The predicted molar refractivity (Wildman–Crippen MR) is 86.6 cm³/mol. The number of halogens is 1. The summed E-state index contributed by atoms with van der Waals surface area (Å²) in [4.78, 5) is 16.2. The number of hydrogen-bond acceptors (Lipinski definition) is 3. The van der Waals surface area contributed by atoms with Crippen molar-refractivity contribution >= 4 is 23.1 Å². The second-order valence-electron chi connectivity index (χ2n) is 5.07. The molecule has 0 aliphatic rings. The number of carbonyl (C=O) groups excluding carboxylic acids is 1. The molecule has 0 saturated heterocycles. The lowest BCUT2D eigenvalue weighted by Crippen LogP contribution is -2.21. The first-order valence-corrected chi connectivity index (χ1v) is 7.42. The maximum absolute atomic E-state index is 13.1. The van der Waals surface area contributed by atoms with E-state index in [-0.39, 0.29) is 17.6 Å². The lowest BCUT2D eigenvalue weighted by atomic mass is 10.0. The minimum atomic E-state index is -0.306. The molecule has 2 aromatic rings. The molecule has 0 spiro atoms. The highest BCUT2D eigenvalue weighted by molar-refractivity contribution is 5.92. The molecule has 0 aliphatic heterocycles. The van der Waals surface area contributed by atoms with E-state index in [1.54, 1.807) is 30.5 Å². The molecule has 1 aromatic heterocycles. The highest BCUT2D eigenvalue weighted by atomic mass is 19.1. The van der Waals surface area contributed by atoms with E-state index in [0.29, 0.717) is 17.2 Å². The Morgan fingerprint density at radius 2 is 1.95 bits per heavy atom. The number of nitrogens with zero attached hydrogens (tertiary/aromatic N) is 1. The Bertz CT molecular complexity index is 624. The summed E-state index contributed by atoms with van der Waals surface area (Å²) in [7, 11) is 0. The maximum Gasteiger partial charge on any atom is 0.227 e. The normalized spacial score (nSPS) is 10.5. The average molecular weight is 301 g/mol. The first-order valence-electron chi connectivity index (χ1n) is 7.42. The van der Waals surface area contributed by atoms with Crippen molar-refractivity contribution in [1.29, 1.82) is 0 Å². The third-order valence-electron chi connectivity index (χ3n) is 3.48. The highest BCUT2D eigenvalue weighted by Crippen LogP contribution is 2.18. The number of rotatable bonds is 6. The fourth-order valence-corrected chi connectivity index (χ4v) is 2.16. The first kappa shape index (κ1) is 15.9. The summed E-state index contributed by atoms with van der Waals surface area (Å²) in [5, 5.41) is 5.86. The van der Waals surface area contributed by atoms with Gasteiger partial charge in [-0.3, -0.25) is 4.79 Å². The Morgan fingerprint density at radius 1 is 1.18 bits per heavy atom. The molecule has 2 rings (SSSR count). The molecule has 4 nitrogen and oxygen atoms in total. The van der Waals surface area contributed by atoms with Crippen LogP contribution in [0, 0.1) is 11.7 Å². The van der Waals surface area contributed by atoms with E-state index in [4.69, 9.17) is 0 Å².